The summed E-state index contributed by atoms with van der Waals surface area (Å²) < 4.78 is 17.2. The third-order valence-corrected chi connectivity index (χ3v) is 2.87. The summed E-state index contributed by atoms with van der Waals surface area (Å²) in [6.07, 6.45) is 3.71. The first-order valence-corrected chi connectivity index (χ1v) is 6.03. The third kappa shape index (κ3) is 2.86. The van der Waals surface area contributed by atoms with Crippen molar-refractivity contribution in [2.45, 2.75) is 18.9 Å². The largest absolute Gasteiger partial charge is 0.485 e. The summed E-state index contributed by atoms with van der Waals surface area (Å²) in [5.41, 5.74) is 0. The predicted octanol–water partition coefficient (Wildman–Crippen LogP) is 2.41. The molecule has 0 N–H and O–H groups in total. The van der Waals surface area contributed by atoms with Crippen LogP contribution in [0.4, 0.5) is 0 Å². The van der Waals surface area contributed by atoms with Crippen LogP contribution in [-0.2, 0) is 4.74 Å². The van der Waals surface area contributed by atoms with Gasteiger partial charge in [-0.05, 0) is 15.9 Å². The van der Waals surface area contributed by atoms with Crippen LogP contribution in [0.5, 0.6) is 11.6 Å². The number of aromatic nitrogens is 1. The van der Waals surface area contributed by atoms with E-state index in [9.17, 15) is 0 Å². The maximum atomic E-state index is 5.86. The van der Waals surface area contributed by atoms with Crippen LogP contribution in [0.25, 0.3) is 0 Å². The van der Waals surface area contributed by atoms with Crippen LogP contribution in [0.1, 0.15) is 12.8 Å². The standard InChI is InChI=1S/C11H14BrNO3/c1-14-11-10(6-8(12)7-13-11)16-9-2-4-15-5-3-9/h6-7,9H,2-5H2,1H3. The van der Waals surface area contributed by atoms with Gasteiger partial charge in [-0.15, -0.1) is 0 Å². The van der Waals surface area contributed by atoms with Crippen LogP contribution >= 0.6 is 15.9 Å². The Morgan fingerprint density at radius 3 is 2.88 bits per heavy atom. The van der Waals surface area contributed by atoms with Crippen molar-refractivity contribution in [3.8, 4) is 11.6 Å². The summed E-state index contributed by atoms with van der Waals surface area (Å²) in [4.78, 5) is 4.14. The van der Waals surface area contributed by atoms with Crippen molar-refractivity contribution in [2.24, 2.45) is 0 Å². The van der Waals surface area contributed by atoms with E-state index >= 15 is 0 Å². The van der Waals surface area contributed by atoms with Gasteiger partial charge < -0.3 is 14.2 Å². The molecule has 2 heterocycles. The van der Waals surface area contributed by atoms with Gasteiger partial charge in [-0.25, -0.2) is 4.98 Å². The second kappa shape index (κ2) is 5.50. The molecule has 88 valence electrons. The highest BCUT2D eigenvalue weighted by Crippen LogP contribution is 2.29. The van der Waals surface area contributed by atoms with Gasteiger partial charge in [-0.2, -0.15) is 0 Å². The van der Waals surface area contributed by atoms with Gasteiger partial charge in [0, 0.05) is 29.6 Å². The second-order valence-corrected chi connectivity index (χ2v) is 4.51. The lowest BCUT2D eigenvalue weighted by atomic mass is 10.1. The summed E-state index contributed by atoms with van der Waals surface area (Å²) in [5.74, 6) is 1.21. The number of pyridine rings is 1. The lowest BCUT2D eigenvalue weighted by Gasteiger charge is -2.23. The molecule has 0 atom stereocenters. The van der Waals surface area contributed by atoms with Crippen LogP contribution in [0, 0.1) is 0 Å². The van der Waals surface area contributed by atoms with Gasteiger partial charge in [0.2, 0.25) is 0 Å². The molecule has 4 nitrogen and oxygen atoms in total. The van der Waals surface area contributed by atoms with E-state index in [0.29, 0.717) is 11.6 Å². The highest BCUT2D eigenvalue weighted by atomic mass is 79.9. The number of methoxy groups -OCH3 is 1. The SMILES string of the molecule is COc1ncc(Br)cc1OC1CCOCC1. The molecular weight excluding hydrogens is 274 g/mol. The molecule has 16 heavy (non-hydrogen) atoms. The first-order valence-electron chi connectivity index (χ1n) is 5.23. The van der Waals surface area contributed by atoms with E-state index in [-0.39, 0.29) is 6.10 Å². The number of nitrogens with zero attached hydrogens (tertiary/aromatic N) is 1. The average Bonchev–Trinajstić information content (AvgIpc) is 2.31. The van der Waals surface area contributed by atoms with Crippen molar-refractivity contribution >= 4 is 15.9 Å². The first-order chi connectivity index (χ1) is 7.79. The van der Waals surface area contributed by atoms with Crippen LogP contribution in [0.2, 0.25) is 0 Å². The number of rotatable bonds is 3. The minimum Gasteiger partial charge on any atom is -0.485 e. The Hall–Kier alpha value is -0.810. The fourth-order valence-corrected chi connectivity index (χ4v) is 1.93. The molecule has 1 aliphatic rings. The van der Waals surface area contributed by atoms with Crippen molar-refractivity contribution in [3.05, 3.63) is 16.7 Å². The van der Waals surface area contributed by atoms with Gasteiger partial charge in [0.25, 0.3) is 5.88 Å². The maximum Gasteiger partial charge on any atom is 0.256 e. The zero-order chi connectivity index (χ0) is 11.4. The lowest BCUT2D eigenvalue weighted by Crippen LogP contribution is -2.26. The van der Waals surface area contributed by atoms with Crippen molar-refractivity contribution < 1.29 is 14.2 Å². The van der Waals surface area contributed by atoms with Gasteiger partial charge in [0.15, 0.2) is 5.75 Å². The Bertz CT molecular complexity index is 353. The molecule has 1 aromatic heterocycles. The molecule has 1 saturated heterocycles. The highest BCUT2D eigenvalue weighted by molar-refractivity contribution is 9.10. The Morgan fingerprint density at radius 1 is 1.44 bits per heavy atom. The number of ether oxygens (including phenoxy) is 3. The fraction of sp³-hybridized carbons (Fsp3) is 0.545. The Morgan fingerprint density at radius 2 is 2.19 bits per heavy atom. The molecule has 1 aliphatic heterocycles. The van der Waals surface area contributed by atoms with Gasteiger partial charge in [-0.3, -0.25) is 0 Å². The molecule has 0 bridgehead atoms. The van der Waals surface area contributed by atoms with E-state index in [2.05, 4.69) is 20.9 Å². The van der Waals surface area contributed by atoms with E-state index in [0.717, 1.165) is 30.5 Å². The first kappa shape index (κ1) is 11.7. The van der Waals surface area contributed by atoms with Crippen molar-refractivity contribution in [3.63, 3.8) is 0 Å². The van der Waals surface area contributed by atoms with E-state index in [1.165, 1.54) is 0 Å². The molecular formula is C11H14BrNO3. The molecule has 0 spiro atoms. The van der Waals surface area contributed by atoms with Crippen LogP contribution in [-0.4, -0.2) is 31.4 Å². The summed E-state index contributed by atoms with van der Waals surface area (Å²) in [6.45, 7) is 1.52. The van der Waals surface area contributed by atoms with Crippen molar-refractivity contribution in [2.75, 3.05) is 20.3 Å². The molecule has 1 fully saturated rings. The Labute approximate surface area is 103 Å². The second-order valence-electron chi connectivity index (χ2n) is 3.59. The van der Waals surface area contributed by atoms with Crippen LogP contribution < -0.4 is 9.47 Å². The minimum atomic E-state index is 0.193. The average molecular weight is 288 g/mol. The lowest BCUT2D eigenvalue weighted by molar-refractivity contribution is 0.0242. The zero-order valence-electron chi connectivity index (χ0n) is 9.11. The fourth-order valence-electron chi connectivity index (χ4n) is 1.62. The summed E-state index contributed by atoms with van der Waals surface area (Å²) in [5, 5.41) is 0. The van der Waals surface area contributed by atoms with Gasteiger partial charge in [0.05, 0.1) is 20.3 Å². The normalized spacial score (nSPS) is 17.1. The molecule has 0 saturated carbocycles. The molecule has 0 aromatic carbocycles. The van der Waals surface area contributed by atoms with E-state index in [1.807, 2.05) is 6.07 Å². The van der Waals surface area contributed by atoms with Gasteiger partial charge in [-0.1, -0.05) is 0 Å². The molecule has 0 radical (unpaired) electrons. The molecule has 5 heteroatoms. The van der Waals surface area contributed by atoms with E-state index in [4.69, 9.17) is 14.2 Å². The third-order valence-electron chi connectivity index (χ3n) is 2.44. The molecule has 0 amide bonds. The number of halogens is 1. The molecule has 0 aliphatic carbocycles. The van der Waals surface area contributed by atoms with Crippen molar-refractivity contribution in [1.29, 1.82) is 0 Å². The van der Waals surface area contributed by atoms with E-state index < -0.39 is 0 Å². The van der Waals surface area contributed by atoms with E-state index in [1.54, 1.807) is 13.3 Å². The minimum absolute atomic E-state index is 0.193. The van der Waals surface area contributed by atoms with Crippen LogP contribution in [0.15, 0.2) is 16.7 Å². The Kier molecular flexibility index (Phi) is 4.01. The number of hydrogen-bond acceptors (Lipinski definition) is 4. The zero-order valence-corrected chi connectivity index (χ0v) is 10.7. The summed E-state index contributed by atoms with van der Waals surface area (Å²) >= 11 is 3.37. The molecule has 1 aromatic rings. The van der Waals surface area contributed by atoms with Gasteiger partial charge in [0.1, 0.15) is 6.10 Å². The smallest absolute Gasteiger partial charge is 0.256 e. The topological polar surface area (TPSA) is 40.6 Å². The van der Waals surface area contributed by atoms with Crippen molar-refractivity contribution in [1.82, 2.24) is 4.98 Å². The van der Waals surface area contributed by atoms with Gasteiger partial charge >= 0.3 is 0 Å². The quantitative estimate of drug-likeness (QED) is 0.856. The Balaban J connectivity index is 2.09. The molecule has 0 unspecified atom stereocenters. The number of hydrogen-bond donors (Lipinski definition) is 0. The molecule has 2 rings (SSSR count). The summed E-state index contributed by atoms with van der Waals surface area (Å²) in [7, 11) is 1.59. The predicted molar refractivity (Wildman–Crippen MR) is 63.0 cm³/mol. The summed E-state index contributed by atoms with van der Waals surface area (Å²) in [6, 6.07) is 1.88. The highest BCUT2D eigenvalue weighted by Gasteiger charge is 2.17. The maximum absolute atomic E-state index is 5.86. The van der Waals surface area contributed by atoms with Crippen LogP contribution in [0.3, 0.4) is 0 Å². The monoisotopic (exact) mass is 287 g/mol.